The van der Waals surface area contributed by atoms with Gasteiger partial charge in [0.1, 0.15) is 0 Å². The van der Waals surface area contributed by atoms with Crippen LogP contribution in [0.3, 0.4) is 0 Å². The first-order chi connectivity index (χ1) is 7.85. The molecule has 1 saturated heterocycles. The molecular formula is C14H29NOS. The van der Waals surface area contributed by atoms with E-state index in [-0.39, 0.29) is 0 Å². The first-order valence-electron chi connectivity index (χ1n) is 6.65. The van der Waals surface area contributed by atoms with Crippen molar-refractivity contribution in [3.05, 3.63) is 0 Å². The van der Waals surface area contributed by atoms with Gasteiger partial charge in [-0.3, -0.25) is 0 Å². The van der Waals surface area contributed by atoms with Crippen molar-refractivity contribution in [3.8, 4) is 0 Å². The van der Waals surface area contributed by atoms with Crippen molar-refractivity contribution in [2.75, 3.05) is 31.8 Å². The van der Waals surface area contributed by atoms with Crippen LogP contribution >= 0.6 is 11.8 Å². The van der Waals surface area contributed by atoms with E-state index in [4.69, 9.17) is 4.74 Å². The average Bonchev–Trinajstić information content (AvgIpc) is 2.23. The highest BCUT2D eigenvalue weighted by molar-refractivity contribution is 7.99. The summed E-state index contributed by atoms with van der Waals surface area (Å²) in [5.41, 5.74) is 0.833. The molecule has 1 aliphatic heterocycles. The van der Waals surface area contributed by atoms with Gasteiger partial charge in [-0.1, -0.05) is 27.7 Å². The number of methoxy groups -OCH3 is 1. The summed E-state index contributed by atoms with van der Waals surface area (Å²) in [6.45, 7) is 11.4. The quantitative estimate of drug-likeness (QED) is 0.791. The summed E-state index contributed by atoms with van der Waals surface area (Å²) in [6.07, 6.45) is 2.43. The maximum atomic E-state index is 5.17. The van der Waals surface area contributed by atoms with Gasteiger partial charge in [0, 0.05) is 32.1 Å². The average molecular weight is 259 g/mol. The van der Waals surface area contributed by atoms with Crippen molar-refractivity contribution in [1.82, 2.24) is 5.32 Å². The van der Waals surface area contributed by atoms with Gasteiger partial charge in [0.05, 0.1) is 0 Å². The largest absolute Gasteiger partial charge is 0.385 e. The molecule has 17 heavy (non-hydrogen) atoms. The molecule has 1 rings (SSSR count). The highest BCUT2D eigenvalue weighted by atomic mass is 32.2. The van der Waals surface area contributed by atoms with Crippen molar-refractivity contribution in [1.29, 1.82) is 0 Å². The lowest BCUT2D eigenvalue weighted by molar-refractivity contribution is 0.147. The summed E-state index contributed by atoms with van der Waals surface area (Å²) in [5, 5.41) is 3.75. The molecule has 0 aliphatic carbocycles. The Morgan fingerprint density at radius 1 is 1.41 bits per heavy atom. The molecule has 0 aromatic heterocycles. The molecule has 1 unspecified atom stereocenters. The summed E-state index contributed by atoms with van der Waals surface area (Å²) in [6, 6.07) is 0.686. The predicted octanol–water partition coefficient (Wildman–Crippen LogP) is 3.17. The lowest BCUT2D eigenvalue weighted by Gasteiger charge is -2.37. The number of nitrogens with one attached hydrogen (secondary N) is 1. The summed E-state index contributed by atoms with van der Waals surface area (Å²) >= 11 is 2.09. The third kappa shape index (κ3) is 6.12. The molecule has 3 heteroatoms. The molecule has 0 spiro atoms. The molecular weight excluding hydrogens is 230 g/mol. The van der Waals surface area contributed by atoms with E-state index < -0.39 is 0 Å². The molecule has 0 bridgehead atoms. The third-order valence-corrected chi connectivity index (χ3v) is 5.09. The van der Waals surface area contributed by atoms with Crippen LogP contribution in [0.15, 0.2) is 0 Å². The monoisotopic (exact) mass is 259 g/mol. The summed E-state index contributed by atoms with van der Waals surface area (Å²) in [4.78, 5) is 0. The predicted molar refractivity (Wildman–Crippen MR) is 77.8 cm³/mol. The zero-order chi connectivity index (χ0) is 12.9. The van der Waals surface area contributed by atoms with Gasteiger partial charge < -0.3 is 10.1 Å². The topological polar surface area (TPSA) is 21.3 Å². The van der Waals surface area contributed by atoms with E-state index in [1.165, 1.54) is 17.9 Å². The van der Waals surface area contributed by atoms with Gasteiger partial charge in [0.15, 0.2) is 0 Å². The molecule has 1 heterocycles. The van der Waals surface area contributed by atoms with E-state index in [0.29, 0.717) is 16.9 Å². The van der Waals surface area contributed by atoms with Crippen molar-refractivity contribution in [3.63, 3.8) is 0 Å². The summed E-state index contributed by atoms with van der Waals surface area (Å²) < 4.78 is 5.17. The normalized spacial score (nSPS) is 24.9. The minimum Gasteiger partial charge on any atom is -0.385 e. The van der Waals surface area contributed by atoms with Gasteiger partial charge in [-0.05, 0) is 29.4 Å². The maximum Gasteiger partial charge on any atom is 0.0467 e. The Balaban J connectivity index is 2.29. The highest BCUT2D eigenvalue weighted by Gasteiger charge is 2.29. The Kier molecular flexibility index (Phi) is 5.81. The van der Waals surface area contributed by atoms with E-state index in [1.807, 2.05) is 0 Å². The van der Waals surface area contributed by atoms with Crippen LogP contribution in [0.25, 0.3) is 0 Å². The second-order valence-electron chi connectivity index (χ2n) is 6.87. The van der Waals surface area contributed by atoms with Gasteiger partial charge in [0.25, 0.3) is 0 Å². The van der Waals surface area contributed by atoms with Crippen LogP contribution in [-0.2, 0) is 4.74 Å². The smallest absolute Gasteiger partial charge is 0.0467 e. The molecule has 0 aromatic rings. The maximum absolute atomic E-state index is 5.17. The molecule has 1 fully saturated rings. The summed E-state index contributed by atoms with van der Waals surface area (Å²) in [7, 11) is 1.78. The lowest BCUT2D eigenvalue weighted by Crippen LogP contribution is -2.44. The fraction of sp³-hybridized carbons (Fsp3) is 1.00. The molecule has 0 radical (unpaired) electrons. The van der Waals surface area contributed by atoms with Crippen molar-refractivity contribution in [2.45, 2.75) is 46.6 Å². The number of rotatable bonds is 6. The molecule has 102 valence electrons. The zero-order valence-electron chi connectivity index (χ0n) is 12.1. The number of thioether (sulfide) groups is 1. The Morgan fingerprint density at radius 3 is 2.71 bits per heavy atom. The van der Waals surface area contributed by atoms with Crippen molar-refractivity contribution in [2.24, 2.45) is 10.8 Å². The highest BCUT2D eigenvalue weighted by Crippen LogP contribution is 2.33. The molecule has 0 aromatic carbocycles. The Labute approximate surface area is 111 Å². The minimum absolute atomic E-state index is 0.336. The first-order valence-corrected chi connectivity index (χ1v) is 7.80. The van der Waals surface area contributed by atoms with E-state index in [2.05, 4.69) is 44.8 Å². The molecule has 1 N–H and O–H groups in total. The van der Waals surface area contributed by atoms with Crippen LogP contribution in [0.4, 0.5) is 0 Å². The molecule has 1 atom stereocenters. The van der Waals surface area contributed by atoms with E-state index in [1.54, 1.807) is 7.11 Å². The Morgan fingerprint density at radius 2 is 2.12 bits per heavy atom. The number of hydrogen-bond acceptors (Lipinski definition) is 3. The number of ether oxygens (including phenoxy) is 1. The summed E-state index contributed by atoms with van der Waals surface area (Å²) in [5.74, 6) is 2.57. The van der Waals surface area contributed by atoms with E-state index in [9.17, 15) is 0 Å². The van der Waals surface area contributed by atoms with Gasteiger partial charge in [-0.2, -0.15) is 11.8 Å². The fourth-order valence-electron chi connectivity index (χ4n) is 2.28. The van der Waals surface area contributed by atoms with Gasteiger partial charge in [0.2, 0.25) is 0 Å². The second-order valence-corrected chi connectivity index (χ2v) is 7.90. The van der Waals surface area contributed by atoms with Crippen LogP contribution in [0.1, 0.15) is 40.5 Å². The molecule has 0 saturated carbocycles. The minimum atomic E-state index is 0.336. The zero-order valence-corrected chi connectivity index (χ0v) is 13.0. The van der Waals surface area contributed by atoms with Crippen LogP contribution < -0.4 is 5.32 Å². The van der Waals surface area contributed by atoms with Crippen LogP contribution in [0.2, 0.25) is 0 Å². The van der Waals surface area contributed by atoms with Crippen LogP contribution in [-0.4, -0.2) is 37.8 Å². The first kappa shape index (κ1) is 15.3. The van der Waals surface area contributed by atoms with Crippen molar-refractivity contribution < 1.29 is 4.74 Å². The molecule has 0 amide bonds. The van der Waals surface area contributed by atoms with Crippen molar-refractivity contribution >= 4 is 11.8 Å². The lowest BCUT2D eigenvalue weighted by atomic mass is 9.86. The van der Waals surface area contributed by atoms with E-state index >= 15 is 0 Å². The van der Waals surface area contributed by atoms with Crippen LogP contribution in [0.5, 0.6) is 0 Å². The Hall–Kier alpha value is 0.270. The van der Waals surface area contributed by atoms with E-state index in [0.717, 1.165) is 19.6 Å². The molecule has 2 nitrogen and oxygen atoms in total. The standard InChI is InChI=1S/C14H29NOS/c1-13(2,6-7-16-5)10-15-12-8-14(3,4)11-17-9-12/h12,15H,6-11H2,1-5H3. The van der Waals surface area contributed by atoms with Gasteiger partial charge in [-0.25, -0.2) is 0 Å². The SMILES string of the molecule is COCCC(C)(C)CNC1CSCC(C)(C)C1. The van der Waals surface area contributed by atoms with Gasteiger partial charge >= 0.3 is 0 Å². The third-order valence-electron chi connectivity index (χ3n) is 3.46. The van der Waals surface area contributed by atoms with Gasteiger partial charge in [-0.15, -0.1) is 0 Å². The number of hydrogen-bond donors (Lipinski definition) is 1. The fourth-order valence-corrected chi connectivity index (χ4v) is 3.59. The Bertz CT molecular complexity index is 228. The second kappa shape index (κ2) is 6.44. The molecule has 1 aliphatic rings. The van der Waals surface area contributed by atoms with Crippen LogP contribution in [0, 0.1) is 10.8 Å².